The van der Waals surface area contributed by atoms with E-state index in [2.05, 4.69) is 15.3 Å². The Hall–Kier alpha value is -2.94. The van der Waals surface area contributed by atoms with Gasteiger partial charge in [0.1, 0.15) is 0 Å². The summed E-state index contributed by atoms with van der Waals surface area (Å²) in [4.78, 5) is 39.1. The number of aromatic nitrogens is 2. The molecule has 0 saturated carbocycles. The molecule has 2 N–H and O–H groups in total. The molecule has 0 saturated heterocycles. The van der Waals surface area contributed by atoms with Crippen molar-refractivity contribution in [1.29, 1.82) is 0 Å². The normalized spacial score (nSPS) is 11.6. The Morgan fingerprint density at radius 1 is 1.52 bits per heavy atom. The lowest BCUT2D eigenvalue weighted by Crippen LogP contribution is -2.31. The molecule has 0 spiro atoms. The number of amides is 1. The predicted octanol–water partition coefficient (Wildman–Crippen LogP) is 1.74. The van der Waals surface area contributed by atoms with Crippen LogP contribution in [0.15, 0.2) is 35.4 Å². The van der Waals surface area contributed by atoms with Crippen LogP contribution in [0.4, 0.5) is 11.4 Å². The molecule has 1 aromatic carbocycles. The summed E-state index contributed by atoms with van der Waals surface area (Å²) in [5, 5.41) is 13.8. The highest BCUT2D eigenvalue weighted by Crippen LogP contribution is 2.20. The monoisotopic (exact) mass is 338 g/mol. The fraction of sp³-hybridized carbons (Fsp3) is 0.154. The molecule has 120 valence electrons. The second kappa shape index (κ2) is 6.88. The first-order valence-electron chi connectivity index (χ1n) is 6.33. The van der Waals surface area contributed by atoms with Gasteiger partial charge in [0.05, 0.1) is 11.3 Å². The Bertz CT molecular complexity index is 807. The average molecular weight is 339 g/mol. The van der Waals surface area contributed by atoms with Crippen molar-refractivity contribution >= 4 is 28.9 Å². The fourth-order valence-corrected chi connectivity index (χ4v) is 1.84. The van der Waals surface area contributed by atoms with Crippen LogP contribution >= 0.6 is 11.6 Å². The van der Waals surface area contributed by atoms with Gasteiger partial charge in [-0.25, -0.2) is 0 Å². The summed E-state index contributed by atoms with van der Waals surface area (Å²) < 4.78 is 5.13. The number of hydrogen-bond donors (Lipinski definition) is 2. The molecule has 2 rings (SSSR count). The van der Waals surface area contributed by atoms with Crippen molar-refractivity contribution in [3.05, 3.63) is 56.1 Å². The Kier molecular flexibility index (Phi) is 4.91. The van der Waals surface area contributed by atoms with E-state index in [0.717, 1.165) is 6.33 Å². The Morgan fingerprint density at radius 2 is 2.26 bits per heavy atom. The van der Waals surface area contributed by atoms with Crippen LogP contribution in [-0.2, 0) is 4.79 Å². The van der Waals surface area contributed by atoms with E-state index in [1.54, 1.807) is 18.2 Å². The summed E-state index contributed by atoms with van der Waals surface area (Å²) in [6, 6.07) is 6.43. The molecule has 10 heteroatoms. The fourth-order valence-electron chi connectivity index (χ4n) is 1.65. The molecule has 0 unspecified atom stereocenters. The number of carbonyl (C=O) groups is 1. The lowest BCUT2D eigenvalue weighted by atomic mass is 10.3. The molecule has 9 nitrogen and oxygen atoms in total. The Balaban J connectivity index is 2.14. The van der Waals surface area contributed by atoms with Gasteiger partial charge in [0.25, 0.3) is 5.91 Å². The molecule has 1 aromatic heterocycles. The Morgan fingerprint density at radius 3 is 2.91 bits per heavy atom. The van der Waals surface area contributed by atoms with E-state index in [9.17, 15) is 19.7 Å². The van der Waals surface area contributed by atoms with Gasteiger partial charge in [-0.3, -0.25) is 19.7 Å². The number of ether oxygens (including phenoxy) is 1. The number of nitro groups is 1. The minimum atomic E-state index is -1.12. The molecule has 1 amide bonds. The van der Waals surface area contributed by atoms with Crippen molar-refractivity contribution in [2.75, 3.05) is 5.32 Å². The molecular formula is C13H11ClN4O5. The van der Waals surface area contributed by atoms with Gasteiger partial charge in [0.15, 0.2) is 6.10 Å². The summed E-state index contributed by atoms with van der Waals surface area (Å²) >= 11 is 5.80. The topological polar surface area (TPSA) is 127 Å². The van der Waals surface area contributed by atoms with Crippen molar-refractivity contribution in [2.45, 2.75) is 13.0 Å². The van der Waals surface area contributed by atoms with Gasteiger partial charge in [0, 0.05) is 10.7 Å². The number of benzene rings is 1. The van der Waals surface area contributed by atoms with E-state index in [1.807, 2.05) is 0 Å². The first-order chi connectivity index (χ1) is 10.9. The number of nitrogens with zero attached hydrogens (tertiary/aromatic N) is 2. The van der Waals surface area contributed by atoms with Crippen LogP contribution in [0.25, 0.3) is 0 Å². The first-order valence-corrected chi connectivity index (χ1v) is 6.71. The third kappa shape index (κ3) is 4.04. The van der Waals surface area contributed by atoms with E-state index in [4.69, 9.17) is 16.3 Å². The number of aromatic amines is 1. The van der Waals surface area contributed by atoms with Crippen LogP contribution < -0.4 is 15.6 Å². The predicted molar refractivity (Wildman–Crippen MR) is 81.7 cm³/mol. The summed E-state index contributed by atoms with van der Waals surface area (Å²) in [5.41, 5.74) is -1.40. The standard InChI is InChI=1S/C13H11ClN4O5/c1-7(11(19)17-9-4-2-3-8(14)5-9)23-13-10(18(21)22)12(20)15-6-16-13/h2-7H,1H3,(H,17,19)(H,15,16,20)/t7-/m1/s1. The first kappa shape index (κ1) is 16.4. The minimum Gasteiger partial charge on any atom is -0.459 e. The van der Waals surface area contributed by atoms with Crippen LogP contribution in [-0.4, -0.2) is 26.9 Å². The number of hydrogen-bond acceptors (Lipinski definition) is 6. The lowest BCUT2D eigenvalue weighted by Gasteiger charge is -2.13. The van der Waals surface area contributed by atoms with Crippen LogP contribution in [0, 0.1) is 10.1 Å². The molecule has 0 aliphatic heterocycles. The number of H-pyrrole nitrogens is 1. The molecular weight excluding hydrogens is 328 g/mol. The number of halogens is 1. The molecule has 2 aromatic rings. The van der Waals surface area contributed by atoms with E-state index < -0.39 is 34.1 Å². The summed E-state index contributed by atoms with van der Waals surface area (Å²) in [6.45, 7) is 1.37. The summed E-state index contributed by atoms with van der Waals surface area (Å²) in [7, 11) is 0. The Labute approximate surface area is 134 Å². The molecule has 0 aliphatic rings. The summed E-state index contributed by atoms with van der Waals surface area (Å²) in [5.74, 6) is -1.11. The zero-order valence-corrected chi connectivity index (χ0v) is 12.5. The van der Waals surface area contributed by atoms with Crippen molar-refractivity contribution in [3.63, 3.8) is 0 Å². The van der Waals surface area contributed by atoms with Gasteiger partial charge in [-0.15, -0.1) is 0 Å². The van der Waals surface area contributed by atoms with Crippen molar-refractivity contribution in [1.82, 2.24) is 9.97 Å². The van der Waals surface area contributed by atoms with Gasteiger partial charge in [0.2, 0.25) is 0 Å². The highest BCUT2D eigenvalue weighted by molar-refractivity contribution is 6.30. The van der Waals surface area contributed by atoms with Gasteiger partial charge in [-0.2, -0.15) is 4.98 Å². The van der Waals surface area contributed by atoms with Gasteiger partial charge in [-0.1, -0.05) is 17.7 Å². The minimum absolute atomic E-state index is 0.434. The van der Waals surface area contributed by atoms with Crippen LogP contribution in [0.3, 0.4) is 0 Å². The van der Waals surface area contributed by atoms with Gasteiger partial charge in [-0.05, 0) is 25.1 Å². The van der Waals surface area contributed by atoms with Gasteiger partial charge < -0.3 is 15.0 Å². The zero-order valence-electron chi connectivity index (χ0n) is 11.8. The largest absolute Gasteiger partial charge is 0.459 e. The maximum Gasteiger partial charge on any atom is 0.395 e. The number of carbonyl (C=O) groups excluding carboxylic acids is 1. The zero-order chi connectivity index (χ0) is 17.0. The SMILES string of the molecule is C[C@@H](Oc1nc[nH]c(=O)c1[N+](=O)[O-])C(=O)Nc1cccc(Cl)c1. The molecule has 0 bridgehead atoms. The average Bonchev–Trinajstić information content (AvgIpc) is 2.46. The maximum absolute atomic E-state index is 12.0. The number of nitrogens with one attached hydrogen (secondary N) is 2. The van der Waals surface area contributed by atoms with Crippen molar-refractivity contribution in [2.24, 2.45) is 0 Å². The van der Waals surface area contributed by atoms with Crippen LogP contribution in [0.5, 0.6) is 5.88 Å². The molecule has 1 atom stereocenters. The van der Waals surface area contributed by atoms with Crippen LogP contribution in [0.1, 0.15) is 6.92 Å². The third-order valence-electron chi connectivity index (χ3n) is 2.73. The third-order valence-corrected chi connectivity index (χ3v) is 2.96. The number of rotatable bonds is 5. The quantitative estimate of drug-likeness (QED) is 0.631. The molecule has 23 heavy (non-hydrogen) atoms. The highest BCUT2D eigenvalue weighted by Gasteiger charge is 2.26. The van der Waals surface area contributed by atoms with E-state index in [1.165, 1.54) is 13.0 Å². The van der Waals surface area contributed by atoms with Crippen LogP contribution in [0.2, 0.25) is 5.02 Å². The molecule has 0 radical (unpaired) electrons. The van der Waals surface area contributed by atoms with E-state index in [-0.39, 0.29) is 0 Å². The summed E-state index contributed by atoms with van der Waals surface area (Å²) in [6.07, 6.45) is -0.173. The smallest absolute Gasteiger partial charge is 0.395 e. The van der Waals surface area contributed by atoms with E-state index in [0.29, 0.717) is 10.7 Å². The second-order valence-corrected chi connectivity index (χ2v) is 4.84. The van der Waals surface area contributed by atoms with Crippen molar-refractivity contribution in [3.8, 4) is 5.88 Å². The van der Waals surface area contributed by atoms with E-state index >= 15 is 0 Å². The molecule has 1 heterocycles. The van der Waals surface area contributed by atoms with Gasteiger partial charge >= 0.3 is 17.1 Å². The highest BCUT2D eigenvalue weighted by atomic mass is 35.5. The lowest BCUT2D eigenvalue weighted by molar-refractivity contribution is -0.387. The second-order valence-electron chi connectivity index (χ2n) is 4.40. The molecule has 0 fully saturated rings. The van der Waals surface area contributed by atoms with Crippen molar-refractivity contribution < 1.29 is 14.5 Å². The number of anilines is 1. The maximum atomic E-state index is 12.0. The molecule has 0 aliphatic carbocycles.